The van der Waals surface area contributed by atoms with Gasteiger partial charge in [-0.25, -0.2) is 4.39 Å². The first-order valence-corrected chi connectivity index (χ1v) is 13.4. The molecule has 0 spiro atoms. The van der Waals surface area contributed by atoms with E-state index in [-0.39, 0.29) is 23.6 Å². The molecule has 5 unspecified atom stereocenters. The van der Waals surface area contributed by atoms with E-state index in [2.05, 4.69) is 29.8 Å². The zero-order chi connectivity index (χ0) is 24.5. The summed E-state index contributed by atoms with van der Waals surface area (Å²) >= 11 is 3.29. The van der Waals surface area contributed by atoms with Crippen molar-refractivity contribution in [1.82, 2.24) is 0 Å². The Kier molecular flexibility index (Phi) is 10.6. The fourth-order valence-electron chi connectivity index (χ4n) is 4.76. The van der Waals surface area contributed by atoms with E-state index in [4.69, 9.17) is 9.47 Å². The summed E-state index contributed by atoms with van der Waals surface area (Å²) < 4.78 is 26.1. The molecule has 1 aliphatic carbocycles. The van der Waals surface area contributed by atoms with Crippen LogP contribution in [0.15, 0.2) is 53.0 Å². The summed E-state index contributed by atoms with van der Waals surface area (Å²) in [5.74, 6) is 1.76. The quantitative estimate of drug-likeness (QED) is 0.231. The highest BCUT2D eigenvalue weighted by Crippen LogP contribution is 2.48. The summed E-state index contributed by atoms with van der Waals surface area (Å²) in [4.78, 5) is 12.5. The number of carbonyl (C=O) groups excluding carboxylic acids is 1. The van der Waals surface area contributed by atoms with Gasteiger partial charge >= 0.3 is 5.97 Å². The highest BCUT2D eigenvalue weighted by atomic mass is 79.9. The number of carbonyl (C=O) groups is 1. The fraction of sp³-hybridized carbons (Fsp3) is 0.552. The zero-order valence-corrected chi connectivity index (χ0v) is 22.2. The SMILES string of the molecule is CCCC(CCC(C)C(C)C(=O)OCc1ccccc1)C1CC1COCc1ccc(Br)cc1F. The molecule has 5 atom stereocenters. The van der Waals surface area contributed by atoms with E-state index >= 15 is 0 Å². The van der Waals surface area contributed by atoms with Gasteiger partial charge in [0.05, 0.1) is 19.1 Å². The van der Waals surface area contributed by atoms with Crippen molar-refractivity contribution in [2.45, 2.75) is 66.1 Å². The average molecular weight is 534 g/mol. The molecule has 0 aliphatic heterocycles. The maximum atomic E-state index is 14.0. The molecule has 2 aromatic rings. The van der Waals surface area contributed by atoms with Crippen LogP contribution in [0.25, 0.3) is 0 Å². The normalized spacial score (nSPS) is 19.9. The molecule has 1 fully saturated rings. The molecule has 3 rings (SSSR count). The van der Waals surface area contributed by atoms with Crippen molar-refractivity contribution in [3.05, 3.63) is 69.9 Å². The van der Waals surface area contributed by atoms with Gasteiger partial charge in [-0.15, -0.1) is 0 Å². The second-order valence-electron chi connectivity index (χ2n) is 9.90. The minimum Gasteiger partial charge on any atom is -0.461 e. The lowest BCUT2D eigenvalue weighted by molar-refractivity contribution is -0.151. The molecule has 0 heterocycles. The minimum atomic E-state index is -0.226. The lowest BCUT2D eigenvalue weighted by Gasteiger charge is -2.22. The van der Waals surface area contributed by atoms with Crippen LogP contribution in [0.5, 0.6) is 0 Å². The van der Waals surface area contributed by atoms with Crippen molar-refractivity contribution in [3.63, 3.8) is 0 Å². The topological polar surface area (TPSA) is 35.5 Å². The van der Waals surface area contributed by atoms with Crippen molar-refractivity contribution in [2.75, 3.05) is 6.61 Å². The lowest BCUT2D eigenvalue weighted by atomic mass is 9.84. The third-order valence-corrected chi connectivity index (χ3v) is 7.78. The predicted octanol–water partition coefficient (Wildman–Crippen LogP) is 7.95. The number of benzene rings is 2. The second kappa shape index (κ2) is 13.4. The van der Waals surface area contributed by atoms with Crippen molar-refractivity contribution in [2.24, 2.45) is 29.6 Å². The molecule has 0 N–H and O–H groups in total. The third kappa shape index (κ3) is 8.20. The van der Waals surface area contributed by atoms with Crippen LogP contribution in [-0.2, 0) is 27.5 Å². The molecule has 2 aromatic carbocycles. The van der Waals surface area contributed by atoms with Gasteiger partial charge in [0, 0.05) is 10.0 Å². The third-order valence-electron chi connectivity index (χ3n) is 7.29. The highest BCUT2D eigenvalue weighted by molar-refractivity contribution is 9.10. The van der Waals surface area contributed by atoms with Gasteiger partial charge < -0.3 is 9.47 Å². The van der Waals surface area contributed by atoms with E-state index in [0.717, 1.165) is 22.9 Å². The monoisotopic (exact) mass is 532 g/mol. The van der Waals surface area contributed by atoms with Crippen LogP contribution in [0.1, 0.15) is 64.0 Å². The van der Waals surface area contributed by atoms with Gasteiger partial charge in [-0.3, -0.25) is 4.79 Å². The second-order valence-corrected chi connectivity index (χ2v) is 10.8. The van der Waals surface area contributed by atoms with E-state index < -0.39 is 0 Å². The summed E-state index contributed by atoms with van der Waals surface area (Å²) in [6, 6.07) is 14.9. The van der Waals surface area contributed by atoms with Crippen molar-refractivity contribution in [3.8, 4) is 0 Å². The van der Waals surface area contributed by atoms with E-state index in [1.807, 2.05) is 43.3 Å². The summed E-state index contributed by atoms with van der Waals surface area (Å²) in [5, 5.41) is 0. The molecule has 0 saturated heterocycles. The highest BCUT2D eigenvalue weighted by Gasteiger charge is 2.42. The molecule has 186 valence electrons. The summed E-state index contributed by atoms with van der Waals surface area (Å²) in [6.07, 6.45) is 5.73. The molecule has 0 bridgehead atoms. The number of ether oxygens (including phenoxy) is 2. The molecule has 0 aromatic heterocycles. The molecule has 0 radical (unpaired) electrons. The Bertz CT molecular complexity index is 904. The Labute approximate surface area is 212 Å². The van der Waals surface area contributed by atoms with Crippen LogP contribution in [0.3, 0.4) is 0 Å². The van der Waals surface area contributed by atoms with Gasteiger partial charge in [0.25, 0.3) is 0 Å². The van der Waals surface area contributed by atoms with Crippen LogP contribution in [0, 0.1) is 35.4 Å². The number of hydrogen-bond donors (Lipinski definition) is 0. The van der Waals surface area contributed by atoms with Gasteiger partial charge in [-0.2, -0.15) is 0 Å². The molecular formula is C29H38BrFO3. The predicted molar refractivity (Wildman–Crippen MR) is 138 cm³/mol. The van der Waals surface area contributed by atoms with Crippen molar-refractivity contribution in [1.29, 1.82) is 0 Å². The molecule has 0 amide bonds. The van der Waals surface area contributed by atoms with Gasteiger partial charge in [-0.1, -0.05) is 85.9 Å². The van der Waals surface area contributed by atoms with Gasteiger partial charge in [0.15, 0.2) is 0 Å². The molecule has 1 saturated carbocycles. The first-order chi connectivity index (χ1) is 16.4. The zero-order valence-electron chi connectivity index (χ0n) is 20.6. The van der Waals surface area contributed by atoms with Crippen LogP contribution >= 0.6 is 15.9 Å². The van der Waals surface area contributed by atoms with E-state index in [1.165, 1.54) is 25.3 Å². The molecular weight excluding hydrogens is 495 g/mol. The Hall–Kier alpha value is -1.72. The largest absolute Gasteiger partial charge is 0.461 e. The van der Waals surface area contributed by atoms with Gasteiger partial charge in [0.2, 0.25) is 0 Å². The van der Waals surface area contributed by atoms with Crippen molar-refractivity contribution >= 4 is 21.9 Å². The molecule has 5 heteroatoms. The van der Waals surface area contributed by atoms with Gasteiger partial charge in [-0.05, 0) is 60.6 Å². The van der Waals surface area contributed by atoms with Crippen LogP contribution in [0.2, 0.25) is 0 Å². The van der Waals surface area contributed by atoms with Gasteiger partial charge in [0.1, 0.15) is 12.4 Å². The Morgan fingerprint density at radius 3 is 2.56 bits per heavy atom. The lowest BCUT2D eigenvalue weighted by Crippen LogP contribution is -2.22. The maximum absolute atomic E-state index is 14.0. The first kappa shape index (κ1) is 26.9. The molecule has 3 nitrogen and oxygen atoms in total. The first-order valence-electron chi connectivity index (χ1n) is 12.6. The fourth-order valence-corrected chi connectivity index (χ4v) is 5.09. The van der Waals surface area contributed by atoms with E-state index in [9.17, 15) is 9.18 Å². The standard InChI is InChI=1S/C29H38BrFO3/c1-4-8-23(27-15-25(27)19-33-18-24-13-14-26(30)16-28(24)31)12-11-20(2)21(3)29(32)34-17-22-9-6-5-7-10-22/h5-7,9-10,13-14,16,20-21,23,25,27H,4,8,11-12,15,17-19H2,1-3H3. The van der Waals surface area contributed by atoms with E-state index in [1.54, 1.807) is 6.07 Å². The van der Waals surface area contributed by atoms with Crippen LogP contribution in [0.4, 0.5) is 4.39 Å². The number of esters is 1. The molecule has 34 heavy (non-hydrogen) atoms. The van der Waals surface area contributed by atoms with Crippen molar-refractivity contribution < 1.29 is 18.7 Å². The van der Waals surface area contributed by atoms with E-state index in [0.29, 0.717) is 43.1 Å². The molecule has 1 aliphatic rings. The maximum Gasteiger partial charge on any atom is 0.309 e. The summed E-state index contributed by atoms with van der Waals surface area (Å²) in [5.41, 5.74) is 1.62. The van der Waals surface area contributed by atoms with Crippen LogP contribution in [-0.4, -0.2) is 12.6 Å². The smallest absolute Gasteiger partial charge is 0.309 e. The average Bonchev–Trinajstić information content (AvgIpc) is 3.61. The Balaban J connectivity index is 1.39. The summed E-state index contributed by atoms with van der Waals surface area (Å²) in [6.45, 7) is 7.74. The summed E-state index contributed by atoms with van der Waals surface area (Å²) in [7, 11) is 0. The Morgan fingerprint density at radius 1 is 1.09 bits per heavy atom. The van der Waals surface area contributed by atoms with Crippen LogP contribution < -0.4 is 0 Å². The minimum absolute atomic E-state index is 0.106. The number of hydrogen-bond acceptors (Lipinski definition) is 3. The number of rotatable bonds is 14. The number of halogens is 2. The Morgan fingerprint density at radius 2 is 1.85 bits per heavy atom.